The predicted molar refractivity (Wildman–Crippen MR) is 72.4 cm³/mol. The van der Waals surface area contributed by atoms with Crippen LogP contribution in [0.1, 0.15) is 19.4 Å². The summed E-state index contributed by atoms with van der Waals surface area (Å²) in [6.45, 7) is 6.16. The van der Waals surface area contributed by atoms with E-state index in [1.807, 2.05) is 6.92 Å². The Hall–Kier alpha value is -2.11. The lowest BCUT2D eigenvalue weighted by atomic mass is 10.1. The monoisotopic (exact) mass is 266 g/mol. The second kappa shape index (κ2) is 6.72. The first kappa shape index (κ1) is 14.9. The van der Waals surface area contributed by atoms with Gasteiger partial charge in [0.25, 0.3) is 5.69 Å². The molecule has 0 fully saturated rings. The van der Waals surface area contributed by atoms with Crippen LogP contribution in [-0.4, -0.2) is 30.6 Å². The van der Waals surface area contributed by atoms with Crippen molar-refractivity contribution in [1.29, 1.82) is 0 Å². The van der Waals surface area contributed by atoms with Gasteiger partial charge in [-0.3, -0.25) is 14.9 Å². The number of hydrogen-bond acceptors (Lipinski definition) is 5. The first-order valence-corrected chi connectivity index (χ1v) is 6.15. The van der Waals surface area contributed by atoms with Crippen molar-refractivity contribution in [3.63, 3.8) is 0 Å². The van der Waals surface area contributed by atoms with Gasteiger partial charge in [-0.2, -0.15) is 0 Å². The zero-order valence-electron chi connectivity index (χ0n) is 11.4. The van der Waals surface area contributed by atoms with Crippen LogP contribution in [0.4, 0.5) is 11.4 Å². The highest BCUT2D eigenvalue weighted by molar-refractivity contribution is 5.79. The Balaban J connectivity index is 3.10. The second-order valence-corrected chi connectivity index (χ2v) is 4.02. The van der Waals surface area contributed by atoms with Gasteiger partial charge in [-0.15, -0.1) is 0 Å². The number of hydrogen-bond donors (Lipinski definition) is 0. The van der Waals surface area contributed by atoms with Crippen LogP contribution in [0.3, 0.4) is 0 Å². The number of benzene rings is 1. The maximum absolute atomic E-state index is 11.5. The summed E-state index contributed by atoms with van der Waals surface area (Å²) in [5, 5.41) is 11.1. The third-order valence-electron chi connectivity index (χ3n) is 2.74. The molecule has 0 saturated heterocycles. The Bertz CT molecular complexity index is 474. The van der Waals surface area contributed by atoms with E-state index in [1.165, 1.54) is 6.07 Å². The molecular formula is C13H18N2O4. The van der Waals surface area contributed by atoms with E-state index in [9.17, 15) is 14.9 Å². The predicted octanol–water partition coefficient (Wildman–Crippen LogP) is 2.29. The van der Waals surface area contributed by atoms with Gasteiger partial charge in [-0.1, -0.05) is 12.1 Å². The number of anilines is 1. The van der Waals surface area contributed by atoms with Crippen molar-refractivity contribution in [2.75, 3.05) is 24.6 Å². The van der Waals surface area contributed by atoms with Crippen LogP contribution in [0.2, 0.25) is 0 Å². The summed E-state index contributed by atoms with van der Waals surface area (Å²) in [6.07, 6.45) is 0. The molecule has 1 aromatic rings. The van der Waals surface area contributed by atoms with Gasteiger partial charge in [0.05, 0.1) is 11.5 Å². The smallest absolute Gasteiger partial charge is 0.325 e. The molecule has 0 N–H and O–H groups in total. The number of esters is 1. The molecule has 0 amide bonds. The molecule has 0 aliphatic rings. The molecule has 19 heavy (non-hydrogen) atoms. The van der Waals surface area contributed by atoms with Gasteiger partial charge >= 0.3 is 5.97 Å². The molecule has 0 unspecified atom stereocenters. The van der Waals surface area contributed by atoms with Gasteiger partial charge in [-0.25, -0.2) is 0 Å². The molecule has 0 aliphatic carbocycles. The lowest BCUT2D eigenvalue weighted by molar-refractivity contribution is -0.384. The first-order chi connectivity index (χ1) is 9.01. The quantitative estimate of drug-likeness (QED) is 0.448. The number of carbonyl (C=O) groups excluding carboxylic acids is 1. The molecule has 0 radical (unpaired) electrons. The van der Waals surface area contributed by atoms with Crippen molar-refractivity contribution in [1.82, 2.24) is 0 Å². The summed E-state index contributed by atoms with van der Waals surface area (Å²) in [5.74, 6) is -0.387. The first-order valence-electron chi connectivity index (χ1n) is 6.15. The lowest BCUT2D eigenvalue weighted by Gasteiger charge is -2.23. The zero-order chi connectivity index (χ0) is 14.4. The summed E-state index contributed by atoms with van der Waals surface area (Å²) in [6, 6.07) is 4.86. The minimum Gasteiger partial charge on any atom is -0.465 e. The molecule has 0 saturated carbocycles. The minimum absolute atomic E-state index is 0.00569. The topological polar surface area (TPSA) is 72.7 Å². The fourth-order valence-electron chi connectivity index (χ4n) is 1.91. The van der Waals surface area contributed by atoms with E-state index in [2.05, 4.69) is 0 Å². The van der Waals surface area contributed by atoms with E-state index in [1.54, 1.807) is 30.9 Å². The summed E-state index contributed by atoms with van der Waals surface area (Å²) in [7, 11) is 0. The normalized spacial score (nSPS) is 10.1. The van der Waals surface area contributed by atoms with Crippen LogP contribution in [0.25, 0.3) is 0 Å². The van der Waals surface area contributed by atoms with Gasteiger partial charge in [0.2, 0.25) is 0 Å². The number of nitrogens with zero attached hydrogens (tertiary/aromatic N) is 2. The zero-order valence-corrected chi connectivity index (χ0v) is 11.4. The van der Waals surface area contributed by atoms with E-state index >= 15 is 0 Å². The van der Waals surface area contributed by atoms with Crippen LogP contribution in [-0.2, 0) is 9.53 Å². The van der Waals surface area contributed by atoms with Crippen molar-refractivity contribution in [3.8, 4) is 0 Å². The Morgan fingerprint density at radius 1 is 1.42 bits per heavy atom. The van der Waals surface area contributed by atoms with E-state index in [4.69, 9.17) is 4.74 Å². The number of likely N-dealkylation sites (N-methyl/N-ethyl adjacent to an activating group) is 1. The molecule has 0 atom stereocenters. The van der Waals surface area contributed by atoms with E-state index < -0.39 is 4.92 Å². The standard InChI is InChI=1S/C13H18N2O4/c1-4-14(9-12(16)19-5-2)13-10(3)7-6-8-11(13)15(17)18/h6-8H,4-5,9H2,1-3H3. The molecule has 104 valence electrons. The molecule has 0 spiro atoms. The van der Waals surface area contributed by atoms with Crippen LogP contribution in [0.15, 0.2) is 18.2 Å². The van der Waals surface area contributed by atoms with Gasteiger partial charge in [-0.05, 0) is 26.3 Å². The number of nitro benzene ring substituents is 1. The minimum atomic E-state index is -0.434. The van der Waals surface area contributed by atoms with Crippen molar-refractivity contribution >= 4 is 17.3 Å². The van der Waals surface area contributed by atoms with Crippen LogP contribution < -0.4 is 4.90 Å². The summed E-state index contributed by atoms with van der Waals surface area (Å²) in [5.41, 5.74) is 1.24. The number of carbonyl (C=O) groups is 1. The third-order valence-corrected chi connectivity index (χ3v) is 2.74. The maximum Gasteiger partial charge on any atom is 0.325 e. The van der Waals surface area contributed by atoms with Gasteiger partial charge in [0.15, 0.2) is 0 Å². The maximum atomic E-state index is 11.5. The molecule has 1 aromatic carbocycles. The Morgan fingerprint density at radius 3 is 2.63 bits per heavy atom. The third kappa shape index (κ3) is 3.67. The number of ether oxygens (including phenoxy) is 1. The summed E-state index contributed by atoms with van der Waals surface area (Å²) < 4.78 is 4.89. The molecule has 0 bridgehead atoms. The van der Waals surface area contributed by atoms with Crippen LogP contribution >= 0.6 is 0 Å². The van der Waals surface area contributed by atoms with Crippen molar-refractivity contribution in [3.05, 3.63) is 33.9 Å². The van der Waals surface area contributed by atoms with Crippen molar-refractivity contribution in [2.24, 2.45) is 0 Å². The summed E-state index contributed by atoms with van der Waals surface area (Å²) in [4.78, 5) is 23.8. The molecule has 1 rings (SSSR count). The summed E-state index contributed by atoms with van der Waals surface area (Å²) >= 11 is 0. The molecule has 6 nitrogen and oxygen atoms in total. The largest absolute Gasteiger partial charge is 0.465 e. The van der Waals surface area contributed by atoms with Crippen molar-refractivity contribution in [2.45, 2.75) is 20.8 Å². The highest BCUT2D eigenvalue weighted by Crippen LogP contribution is 2.31. The van der Waals surface area contributed by atoms with Gasteiger partial charge < -0.3 is 9.64 Å². The highest BCUT2D eigenvalue weighted by Gasteiger charge is 2.22. The SMILES string of the molecule is CCOC(=O)CN(CC)c1c(C)cccc1[N+](=O)[O-]. The molecule has 0 aliphatic heterocycles. The highest BCUT2D eigenvalue weighted by atomic mass is 16.6. The number of aryl methyl sites for hydroxylation is 1. The van der Waals surface area contributed by atoms with Gasteiger partial charge in [0, 0.05) is 12.6 Å². The number of rotatable bonds is 6. The fourth-order valence-corrected chi connectivity index (χ4v) is 1.91. The van der Waals surface area contributed by atoms with Gasteiger partial charge in [0.1, 0.15) is 12.2 Å². The number of para-hydroxylation sites is 1. The van der Waals surface area contributed by atoms with Crippen LogP contribution in [0.5, 0.6) is 0 Å². The lowest BCUT2D eigenvalue weighted by Crippen LogP contribution is -2.31. The average molecular weight is 266 g/mol. The van der Waals surface area contributed by atoms with Crippen molar-refractivity contribution < 1.29 is 14.5 Å². The van der Waals surface area contributed by atoms with E-state index in [0.29, 0.717) is 18.8 Å². The molecule has 6 heteroatoms. The Morgan fingerprint density at radius 2 is 2.11 bits per heavy atom. The number of nitro groups is 1. The molecular weight excluding hydrogens is 248 g/mol. The Kier molecular flexibility index (Phi) is 5.29. The molecule has 0 heterocycles. The van der Waals surface area contributed by atoms with E-state index in [0.717, 1.165) is 5.56 Å². The van der Waals surface area contributed by atoms with E-state index in [-0.39, 0.29) is 18.2 Å². The molecule has 0 aromatic heterocycles. The second-order valence-electron chi connectivity index (χ2n) is 4.02. The fraction of sp³-hybridized carbons (Fsp3) is 0.462. The average Bonchev–Trinajstić information content (AvgIpc) is 2.36. The Labute approximate surface area is 112 Å². The van der Waals surface area contributed by atoms with Crippen LogP contribution in [0, 0.1) is 17.0 Å².